The minimum atomic E-state index is -0.105. The predicted octanol–water partition coefficient (Wildman–Crippen LogP) is 6.05. The summed E-state index contributed by atoms with van der Waals surface area (Å²) in [6.45, 7) is 4.32. The highest BCUT2D eigenvalue weighted by Crippen LogP contribution is 2.29. The van der Waals surface area contributed by atoms with Gasteiger partial charge in [0.25, 0.3) is 0 Å². The molecule has 0 unspecified atom stereocenters. The van der Waals surface area contributed by atoms with Gasteiger partial charge in [0.15, 0.2) is 11.6 Å². The first-order chi connectivity index (χ1) is 13.5. The van der Waals surface area contributed by atoms with Gasteiger partial charge in [-0.1, -0.05) is 98.8 Å². The fourth-order valence-corrected chi connectivity index (χ4v) is 3.32. The second-order valence-corrected chi connectivity index (χ2v) is 7.84. The van der Waals surface area contributed by atoms with Gasteiger partial charge >= 0.3 is 0 Å². The van der Waals surface area contributed by atoms with Gasteiger partial charge in [0, 0.05) is 24.0 Å². The van der Waals surface area contributed by atoms with Crippen molar-refractivity contribution in [2.24, 2.45) is 0 Å². The zero-order chi connectivity index (χ0) is 20.0. The first kappa shape index (κ1) is 19.8. The lowest BCUT2D eigenvalue weighted by atomic mass is 9.79. The molecule has 142 valence electrons. The normalized spacial score (nSPS) is 11.2. The second-order valence-electron chi connectivity index (χ2n) is 7.84. The van der Waals surface area contributed by atoms with Gasteiger partial charge in [-0.05, 0) is 23.0 Å². The summed E-state index contributed by atoms with van der Waals surface area (Å²) in [5.74, 6) is 0.305. The van der Waals surface area contributed by atoms with E-state index < -0.39 is 0 Å². The molecule has 0 atom stereocenters. The smallest absolute Gasteiger partial charge is 0.167 e. The lowest BCUT2D eigenvalue weighted by Gasteiger charge is -2.25. The van der Waals surface area contributed by atoms with Crippen molar-refractivity contribution < 1.29 is 9.59 Å². The third-order valence-corrected chi connectivity index (χ3v) is 5.27. The van der Waals surface area contributed by atoms with E-state index >= 15 is 0 Å². The van der Waals surface area contributed by atoms with Crippen LogP contribution in [0.1, 0.15) is 58.5 Å². The maximum absolute atomic E-state index is 12.4. The van der Waals surface area contributed by atoms with Gasteiger partial charge in [-0.25, -0.2) is 0 Å². The molecule has 3 rings (SSSR count). The van der Waals surface area contributed by atoms with Crippen LogP contribution in [0.15, 0.2) is 84.9 Å². The Kier molecular flexibility index (Phi) is 6.20. The molecule has 2 heteroatoms. The van der Waals surface area contributed by atoms with Crippen molar-refractivity contribution in [3.05, 3.63) is 107 Å². The number of rotatable bonds is 8. The van der Waals surface area contributed by atoms with Crippen LogP contribution in [0.2, 0.25) is 0 Å². The zero-order valence-electron chi connectivity index (χ0n) is 16.5. The lowest BCUT2D eigenvalue weighted by molar-refractivity contribution is 0.0969. The van der Waals surface area contributed by atoms with E-state index in [0.29, 0.717) is 12.8 Å². The molecule has 0 spiro atoms. The largest absolute Gasteiger partial charge is 0.294 e. The summed E-state index contributed by atoms with van der Waals surface area (Å²) >= 11 is 0. The van der Waals surface area contributed by atoms with Crippen LogP contribution in [-0.2, 0) is 11.8 Å². The SMILES string of the molecule is CC(C)(CCC(=O)c1ccccc1)c1ccc(CC(=O)c2ccccc2)cc1. The van der Waals surface area contributed by atoms with Crippen LogP contribution in [-0.4, -0.2) is 11.6 Å². The lowest BCUT2D eigenvalue weighted by Crippen LogP contribution is -2.19. The Bertz CT molecular complexity index is 923. The van der Waals surface area contributed by atoms with Crippen LogP contribution in [0.5, 0.6) is 0 Å². The third kappa shape index (κ3) is 5.04. The first-order valence-electron chi connectivity index (χ1n) is 9.72. The Balaban J connectivity index is 1.61. The Morgan fingerprint density at radius 1 is 0.679 bits per heavy atom. The van der Waals surface area contributed by atoms with Crippen molar-refractivity contribution in [3.63, 3.8) is 0 Å². The summed E-state index contributed by atoms with van der Waals surface area (Å²) in [5, 5.41) is 0. The summed E-state index contributed by atoms with van der Waals surface area (Å²) in [6.07, 6.45) is 1.70. The molecule has 0 bridgehead atoms. The number of benzene rings is 3. The highest BCUT2D eigenvalue weighted by atomic mass is 16.1. The molecule has 3 aromatic carbocycles. The molecule has 0 radical (unpaired) electrons. The van der Waals surface area contributed by atoms with Gasteiger partial charge < -0.3 is 0 Å². The monoisotopic (exact) mass is 370 g/mol. The van der Waals surface area contributed by atoms with Crippen LogP contribution >= 0.6 is 0 Å². The van der Waals surface area contributed by atoms with E-state index in [0.717, 1.165) is 23.1 Å². The molecule has 0 saturated carbocycles. The quantitative estimate of drug-likeness (QED) is 0.452. The Morgan fingerprint density at radius 3 is 1.71 bits per heavy atom. The zero-order valence-corrected chi connectivity index (χ0v) is 16.5. The van der Waals surface area contributed by atoms with Crippen LogP contribution < -0.4 is 0 Å². The van der Waals surface area contributed by atoms with E-state index in [1.54, 1.807) is 0 Å². The van der Waals surface area contributed by atoms with Crippen LogP contribution in [0.25, 0.3) is 0 Å². The van der Waals surface area contributed by atoms with E-state index in [9.17, 15) is 9.59 Å². The molecular weight excluding hydrogens is 344 g/mol. The molecule has 2 nitrogen and oxygen atoms in total. The van der Waals surface area contributed by atoms with Crippen LogP contribution in [0, 0.1) is 0 Å². The summed E-state index contributed by atoms with van der Waals surface area (Å²) in [4.78, 5) is 24.8. The van der Waals surface area contributed by atoms with Gasteiger partial charge in [0.2, 0.25) is 0 Å². The Morgan fingerprint density at radius 2 is 1.18 bits per heavy atom. The fraction of sp³-hybridized carbons (Fsp3) is 0.231. The van der Waals surface area contributed by atoms with Crippen molar-refractivity contribution in [2.75, 3.05) is 0 Å². The number of ketones is 2. The molecular formula is C26H26O2. The highest BCUT2D eigenvalue weighted by Gasteiger charge is 2.22. The molecule has 3 aromatic rings. The molecule has 0 amide bonds. The molecule has 0 aromatic heterocycles. The summed E-state index contributed by atoms with van der Waals surface area (Å²) in [7, 11) is 0. The van der Waals surface area contributed by atoms with Crippen molar-refractivity contribution in [1.82, 2.24) is 0 Å². The van der Waals surface area contributed by atoms with Gasteiger partial charge in [-0.2, -0.15) is 0 Å². The number of carbonyl (C=O) groups is 2. The van der Waals surface area contributed by atoms with Crippen molar-refractivity contribution in [1.29, 1.82) is 0 Å². The molecule has 0 saturated heterocycles. The van der Waals surface area contributed by atoms with Gasteiger partial charge in [0.05, 0.1) is 0 Å². The number of hydrogen-bond donors (Lipinski definition) is 0. The molecule has 0 aliphatic rings. The molecule has 0 fully saturated rings. The third-order valence-electron chi connectivity index (χ3n) is 5.27. The van der Waals surface area contributed by atoms with Gasteiger partial charge in [-0.3, -0.25) is 9.59 Å². The number of carbonyl (C=O) groups excluding carboxylic acids is 2. The summed E-state index contributed by atoms with van der Waals surface area (Å²) < 4.78 is 0. The molecule has 0 heterocycles. The minimum Gasteiger partial charge on any atom is -0.294 e. The second kappa shape index (κ2) is 8.79. The average Bonchev–Trinajstić information content (AvgIpc) is 2.74. The molecule has 0 aliphatic carbocycles. The molecule has 0 N–H and O–H groups in total. The molecule has 28 heavy (non-hydrogen) atoms. The number of hydrogen-bond acceptors (Lipinski definition) is 2. The minimum absolute atomic E-state index is 0.105. The first-order valence-corrected chi connectivity index (χ1v) is 9.72. The van der Waals surface area contributed by atoms with Crippen molar-refractivity contribution >= 4 is 11.6 Å². The van der Waals surface area contributed by atoms with E-state index in [1.807, 2.05) is 72.8 Å². The predicted molar refractivity (Wildman–Crippen MR) is 114 cm³/mol. The van der Waals surface area contributed by atoms with Gasteiger partial charge in [0.1, 0.15) is 0 Å². The van der Waals surface area contributed by atoms with Crippen molar-refractivity contribution in [3.8, 4) is 0 Å². The van der Waals surface area contributed by atoms with E-state index in [-0.39, 0.29) is 17.0 Å². The Hall–Kier alpha value is -3.00. The standard InChI is InChI=1S/C26H26O2/c1-26(2,18-17-24(27)21-9-5-3-6-10-21)23-15-13-20(14-16-23)19-25(28)22-11-7-4-8-12-22/h3-16H,17-19H2,1-2H3. The van der Waals surface area contributed by atoms with Crippen molar-refractivity contribution in [2.45, 2.75) is 38.5 Å². The summed E-state index contributed by atoms with van der Waals surface area (Å²) in [6, 6.07) is 27.1. The van der Waals surface area contributed by atoms with E-state index in [2.05, 4.69) is 26.0 Å². The van der Waals surface area contributed by atoms with E-state index in [1.165, 1.54) is 5.56 Å². The topological polar surface area (TPSA) is 34.1 Å². The maximum Gasteiger partial charge on any atom is 0.167 e. The highest BCUT2D eigenvalue weighted by molar-refractivity contribution is 5.97. The average molecular weight is 370 g/mol. The Labute approximate surface area is 167 Å². The maximum atomic E-state index is 12.4. The van der Waals surface area contributed by atoms with Gasteiger partial charge in [-0.15, -0.1) is 0 Å². The van der Waals surface area contributed by atoms with Crippen LogP contribution in [0.4, 0.5) is 0 Å². The van der Waals surface area contributed by atoms with Crippen LogP contribution in [0.3, 0.4) is 0 Å². The fourth-order valence-electron chi connectivity index (χ4n) is 3.32. The molecule has 0 aliphatic heterocycles. The summed E-state index contributed by atoms with van der Waals surface area (Å²) in [5.41, 5.74) is 3.60. The van der Waals surface area contributed by atoms with E-state index in [4.69, 9.17) is 0 Å². The number of Topliss-reactive ketones (excluding diaryl/α,β-unsaturated/α-hetero) is 2.